The zero-order valence-corrected chi connectivity index (χ0v) is 6.42. The summed E-state index contributed by atoms with van der Waals surface area (Å²) >= 11 is 0. The molecule has 5 heteroatoms. The summed E-state index contributed by atoms with van der Waals surface area (Å²) in [6, 6.07) is 0. The molecule has 0 atom stereocenters. The van der Waals surface area contributed by atoms with E-state index in [1.54, 1.807) is 7.05 Å². The van der Waals surface area contributed by atoms with E-state index in [-0.39, 0.29) is 11.5 Å². The Morgan fingerprint density at radius 2 is 2.27 bits per heavy atom. The van der Waals surface area contributed by atoms with Gasteiger partial charge in [-0.3, -0.25) is 0 Å². The van der Waals surface area contributed by atoms with Crippen molar-refractivity contribution in [2.75, 3.05) is 14.2 Å². The van der Waals surface area contributed by atoms with Gasteiger partial charge in [-0.1, -0.05) is 0 Å². The molecule has 0 unspecified atom stereocenters. The first kappa shape index (κ1) is 9.48. The Bertz CT molecular complexity index is 208. The molecular formula is C6H11N2O3+. The SMILES string of the molecule is C[NH+]=C/C(C(=O)O)=C(\N)OC. The van der Waals surface area contributed by atoms with Gasteiger partial charge >= 0.3 is 5.97 Å². The van der Waals surface area contributed by atoms with Gasteiger partial charge in [0.25, 0.3) is 0 Å². The molecule has 0 spiro atoms. The number of nitrogens with one attached hydrogen (secondary N) is 1. The molecule has 11 heavy (non-hydrogen) atoms. The Balaban J connectivity index is 4.72. The third-order valence-corrected chi connectivity index (χ3v) is 1.00. The van der Waals surface area contributed by atoms with Crippen molar-refractivity contribution in [1.29, 1.82) is 0 Å². The van der Waals surface area contributed by atoms with Crippen LogP contribution in [-0.4, -0.2) is 31.4 Å². The summed E-state index contributed by atoms with van der Waals surface area (Å²) in [5.41, 5.74) is 5.12. The summed E-state index contributed by atoms with van der Waals surface area (Å²) in [4.78, 5) is 12.9. The number of carboxylic acid groups (broad SMARTS) is 1. The van der Waals surface area contributed by atoms with Gasteiger partial charge in [0.2, 0.25) is 5.88 Å². The second kappa shape index (κ2) is 4.32. The number of methoxy groups -OCH3 is 1. The van der Waals surface area contributed by atoms with Crippen LogP contribution in [0.5, 0.6) is 0 Å². The zero-order valence-electron chi connectivity index (χ0n) is 6.42. The van der Waals surface area contributed by atoms with Gasteiger partial charge in [-0.2, -0.15) is 0 Å². The fourth-order valence-electron chi connectivity index (χ4n) is 0.493. The Labute approximate surface area is 64.2 Å². The van der Waals surface area contributed by atoms with Crippen molar-refractivity contribution >= 4 is 12.2 Å². The minimum Gasteiger partial charge on any atom is -0.482 e. The summed E-state index contributed by atoms with van der Waals surface area (Å²) in [5.74, 6) is -1.24. The van der Waals surface area contributed by atoms with Gasteiger partial charge < -0.3 is 15.6 Å². The average molecular weight is 159 g/mol. The van der Waals surface area contributed by atoms with E-state index in [0.29, 0.717) is 0 Å². The van der Waals surface area contributed by atoms with Gasteiger partial charge in [0.05, 0.1) is 7.11 Å². The van der Waals surface area contributed by atoms with Crippen LogP contribution in [0.4, 0.5) is 0 Å². The first-order valence-corrected chi connectivity index (χ1v) is 2.91. The maximum Gasteiger partial charge on any atom is 0.347 e. The van der Waals surface area contributed by atoms with Crippen molar-refractivity contribution in [3.05, 3.63) is 11.5 Å². The fourth-order valence-corrected chi connectivity index (χ4v) is 0.493. The van der Waals surface area contributed by atoms with E-state index in [0.717, 1.165) is 0 Å². The molecule has 0 amide bonds. The number of carboxylic acids is 1. The molecule has 0 fully saturated rings. The minimum absolute atomic E-state index is 0.0880. The molecule has 0 bridgehead atoms. The summed E-state index contributed by atoms with van der Waals surface area (Å²) in [5, 5.41) is 8.52. The van der Waals surface area contributed by atoms with Crippen LogP contribution < -0.4 is 10.7 Å². The molecule has 0 aromatic heterocycles. The monoisotopic (exact) mass is 159 g/mol. The lowest BCUT2D eigenvalue weighted by molar-refractivity contribution is -0.413. The quantitative estimate of drug-likeness (QED) is 0.245. The van der Waals surface area contributed by atoms with Crippen molar-refractivity contribution in [2.45, 2.75) is 0 Å². The van der Waals surface area contributed by atoms with Gasteiger partial charge in [-0.05, 0) is 0 Å². The van der Waals surface area contributed by atoms with Crippen LogP contribution in [0.2, 0.25) is 0 Å². The van der Waals surface area contributed by atoms with Crippen molar-refractivity contribution in [3.8, 4) is 0 Å². The predicted molar refractivity (Wildman–Crippen MR) is 38.8 cm³/mol. The molecule has 0 aliphatic rings. The molecule has 62 valence electrons. The van der Waals surface area contributed by atoms with Crippen LogP contribution in [0.25, 0.3) is 0 Å². The van der Waals surface area contributed by atoms with Gasteiger partial charge in [0, 0.05) is 0 Å². The number of hydrogen-bond acceptors (Lipinski definition) is 3. The van der Waals surface area contributed by atoms with E-state index < -0.39 is 5.97 Å². The Hall–Kier alpha value is -1.52. The third-order valence-electron chi connectivity index (χ3n) is 1.00. The highest BCUT2D eigenvalue weighted by Gasteiger charge is 2.12. The average Bonchev–Trinajstić information content (AvgIpc) is 1.98. The topological polar surface area (TPSA) is 86.5 Å². The maximum absolute atomic E-state index is 10.4. The number of hydrogen-bond donors (Lipinski definition) is 3. The van der Waals surface area contributed by atoms with Crippen LogP contribution in [0.3, 0.4) is 0 Å². The highest BCUT2D eigenvalue weighted by Crippen LogP contribution is 1.94. The molecule has 5 nitrogen and oxygen atoms in total. The number of rotatable bonds is 3. The molecule has 0 aliphatic carbocycles. The first-order chi connectivity index (χ1) is 5.13. The molecule has 0 rings (SSSR count). The van der Waals surface area contributed by atoms with Crippen LogP contribution in [0.15, 0.2) is 11.5 Å². The Morgan fingerprint density at radius 1 is 1.73 bits per heavy atom. The predicted octanol–water partition coefficient (Wildman–Crippen LogP) is -2.33. The van der Waals surface area contributed by atoms with Gasteiger partial charge in [0.1, 0.15) is 7.05 Å². The van der Waals surface area contributed by atoms with E-state index in [1.165, 1.54) is 13.3 Å². The lowest BCUT2D eigenvalue weighted by Gasteiger charge is -1.98. The Morgan fingerprint density at radius 3 is 2.55 bits per heavy atom. The van der Waals surface area contributed by atoms with Gasteiger partial charge in [0.15, 0.2) is 11.8 Å². The van der Waals surface area contributed by atoms with E-state index in [2.05, 4.69) is 9.73 Å². The highest BCUT2D eigenvalue weighted by atomic mass is 16.5. The largest absolute Gasteiger partial charge is 0.482 e. The van der Waals surface area contributed by atoms with E-state index in [1.807, 2.05) is 0 Å². The summed E-state index contributed by atoms with van der Waals surface area (Å²) in [6.07, 6.45) is 1.25. The minimum atomic E-state index is -1.13. The number of nitrogens with two attached hydrogens (primary N) is 1. The highest BCUT2D eigenvalue weighted by molar-refractivity contribution is 6.07. The molecule has 0 aliphatic heterocycles. The molecule has 0 saturated carbocycles. The second-order valence-electron chi connectivity index (χ2n) is 1.72. The van der Waals surface area contributed by atoms with Crippen molar-refractivity contribution in [3.63, 3.8) is 0 Å². The molecule has 0 aromatic rings. The normalized spacial score (nSPS) is 12.9. The van der Waals surface area contributed by atoms with Crippen LogP contribution in [0, 0.1) is 0 Å². The molecular weight excluding hydrogens is 148 g/mol. The fraction of sp³-hybridized carbons (Fsp3) is 0.333. The van der Waals surface area contributed by atoms with E-state index in [9.17, 15) is 4.79 Å². The van der Waals surface area contributed by atoms with Crippen molar-refractivity contribution in [1.82, 2.24) is 0 Å². The van der Waals surface area contributed by atoms with Crippen LogP contribution >= 0.6 is 0 Å². The van der Waals surface area contributed by atoms with Crippen molar-refractivity contribution < 1.29 is 19.6 Å². The number of carbonyl (C=O) groups is 1. The molecule has 0 saturated heterocycles. The van der Waals surface area contributed by atoms with Crippen LogP contribution in [-0.2, 0) is 9.53 Å². The Kier molecular flexibility index (Phi) is 3.72. The zero-order chi connectivity index (χ0) is 8.85. The van der Waals surface area contributed by atoms with Gasteiger partial charge in [-0.15, -0.1) is 0 Å². The smallest absolute Gasteiger partial charge is 0.347 e. The summed E-state index contributed by atoms with van der Waals surface area (Å²) < 4.78 is 4.53. The maximum atomic E-state index is 10.4. The molecule has 0 aromatic carbocycles. The summed E-state index contributed by atoms with van der Waals surface area (Å²) in [7, 11) is 2.88. The third kappa shape index (κ3) is 2.70. The lowest BCUT2D eigenvalue weighted by atomic mass is 10.3. The lowest BCUT2D eigenvalue weighted by Crippen LogP contribution is -2.63. The number of ether oxygens (including phenoxy) is 1. The standard InChI is InChI=1S/C6H10N2O3/c1-8-3-4(6(9)10)5(7)11-2/h3H,7H2,1-2H3,(H,9,10)/p+1/b5-4-,8-3?. The van der Waals surface area contributed by atoms with E-state index >= 15 is 0 Å². The second-order valence-corrected chi connectivity index (χ2v) is 1.72. The van der Waals surface area contributed by atoms with E-state index in [4.69, 9.17) is 10.8 Å². The summed E-state index contributed by atoms with van der Waals surface area (Å²) in [6.45, 7) is 0. The van der Waals surface area contributed by atoms with Crippen molar-refractivity contribution in [2.24, 2.45) is 5.73 Å². The molecule has 0 radical (unpaired) electrons. The molecule has 0 heterocycles. The first-order valence-electron chi connectivity index (χ1n) is 2.91. The molecule has 4 N–H and O–H groups in total. The van der Waals surface area contributed by atoms with Gasteiger partial charge in [-0.25, -0.2) is 9.79 Å². The van der Waals surface area contributed by atoms with Crippen LogP contribution in [0.1, 0.15) is 0 Å². The number of aliphatic carboxylic acids is 1.